The molecule has 0 unspecified atom stereocenters. The summed E-state index contributed by atoms with van der Waals surface area (Å²) in [5.41, 5.74) is -0.887. The second-order valence-electron chi connectivity index (χ2n) is 7.75. The summed E-state index contributed by atoms with van der Waals surface area (Å²) >= 11 is 0. The lowest BCUT2D eigenvalue weighted by molar-refractivity contribution is -0.157. The van der Waals surface area contributed by atoms with E-state index in [4.69, 9.17) is 0 Å². The third-order valence-corrected chi connectivity index (χ3v) is 5.64. The van der Waals surface area contributed by atoms with Gasteiger partial charge >= 0.3 is 0 Å². The van der Waals surface area contributed by atoms with Crippen LogP contribution in [-0.4, -0.2) is 41.1 Å². The fourth-order valence-corrected chi connectivity index (χ4v) is 4.11. The van der Waals surface area contributed by atoms with E-state index in [-0.39, 0.29) is 19.0 Å². The minimum Gasteiger partial charge on any atom is -0.379 e. The fraction of sp³-hybridized carbons (Fsp3) is 0.650. The quantitative estimate of drug-likeness (QED) is 0.814. The van der Waals surface area contributed by atoms with Crippen molar-refractivity contribution < 1.29 is 18.7 Å². The number of carbonyl (C=O) groups excluding carboxylic acids is 1. The maximum atomic E-state index is 13.4. The normalized spacial score (nSPS) is 24.9. The van der Waals surface area contributed by atoms with Gasteiger partial charge in [-0.15, -0.1) is 0 Å². The van der Waals surface area contributed by atoms with Gasteiger partial charge in [0.1, 0.15) is 0 Å². The maximum absolute atomic E-state index is 13.4. The van der Waals surface area contributed by atoms with Crippen LogP contribution in [0.1, 0.15) is 50.5 Å². The zero-order valence-electron chi connectivity index (χ0n) is 15.1. The molecule has 1 aromatic carbocycles. The van der Waals surface area contributed by atoms with Crippen LogP contribution in [0.25, 0.3) is 0 Å². The van der Waals surface area contributed by atoms with Gasteiger partial charge in [-0.25, -0.2) is 8.78 Å². The van der Waals surface area contributed by atoms with Gasteiger partial charge < -0.3 is 15.3 Å². The Balaban J connectivity index is 1.55. The van der Waals surface area contributed by atoms with Crippen molar-refractivity contribution in [3.8, 4) is 0 Å². The number of piperidine rings is 1. The molecule has 1 saturated carbocycles. The van der Waals surface area contributed by atoms with Gasteiger partial charge in [0.25, 0.3) is 5.91 Å². The molecule has 6 heteroatoms. The first-order valence-corrected chi connectivity index (χ1v) is 9.64. The molecule has 1 aliphatic carbocycles. The SMILES string of the molecule is O=C1N(Cc2ccc(F)c(F)c2)CCC[C@]1(O)CNCC1CCCCC1. The van der Waals surface area contributed by atoms with Gasteiger partial charge in [0.15, 0.2) is 17.2 Å². The van der Waals surface area contributed by atoms with Crippen LogP contribution in [-0.2, 0) is 11.3 Å². The molecular weight excluding hydrogens is 338 g/mol. The van der Waals surface area contributed by atoms with Crippen molar-refractivity contribution >= 4 is 5.91 Å². The number of benzene rings is 1. The van der Waals surface area contributed by atoms with E-state index in [0.29, 0.717) is 30.9 Å². The van der Waals surface area contributed by atoms with Gasteiger partial charge in [-0.3, -0.25) is 4.79 Å². The minimum atomic E-state index is -1.41. The first-order valence-electron chi connectivity index (χ1n) is 9.64. The Kier molecular flexibility index (Phi) is 6.24. The van der Waals surface area contributed by atoms with Crippen LogP contribution in [0.5, 0.6) is 0 Å². The van der Waals surface area contributed by atoms with Crippen molar-refractivity contribution in [2.45, 2.75) is 57.1 Å². The number of amides is 1. The van der Waals surface area contributed by atoms with Gasteiger partial charge in [-0.1, -0.05) is 25.3 Å². The fourth-order valence-electron chi connectivity index (χ4n) is 4.11. The van der Waals surface area contributed by atoms with Crippen LogP contribution in [0, 0.1) is 17.6 Å². The smallest absolute Gasteiger partial charge is 0.256 e. The number of nitrogens with zero attached hydrogens (tertiary/aromatic N) is 1. The van der Waals surface area contributed by atoms with E-state index in [1.54, 1.807) is 4.90 Å². The summed E-state index contributed by atoms with van der Waals surface area (Å²) in [5.74, 6) is -1.52. The molecule has 2 N–H and O–H groups in total. The predicted octanol–water partition coefficient (Wildman–Crippen LogP) is 2.99. The highest BCUT2D eigenvalue weighted by Crippen LogP contribution is 2.26. The average Bonchev–Trinajstić information content (AvgIpc) is 2.63. The zero-order valence-corrected chi connectivity index (χ0v) is 15.1. The molecule has 0 radical (unpaired) electrons. The van der Waals surface area contributed by atoms with Crippen molar-refractivity contribution in [3.63, 3.8) is 0 Å². The monoisotopic (exact) mass is 366 g/mol. The standard InChI is InChI=1S/C20H28F2N2O2/c21-17-8-7-16(11-18(17)22)13-24-10-4-9-20(26,19(24)25)14-23-12-15-5-2-1-3-6-15/h7-8,11,15,23,26H,1-6,9-10,12-14H2/t20-/m0/s1. The molecule has 1 aromatic rings. The Hall–Kier alpha value is -1.53. The molecule has 1 saturated heterocycles. The topological polar surface area (TPSA) is 52.6 Å². The Labute approximate surface area is 153 Å². The molecule has 1 amide bonds. The van der Waals surface area contributed by atoms with Crippen molar-refractivity contribution in [3.05, 3.63) is 35.4 Å². The Morgan fingerprint density at radius 3 is 2.65 bits per heavy atom. The number of likely N-dealkylation sites (tertiary alicyclic amines) is 1. The van der Waals surface area contributed by atoms with E-state index in [2.05, 4.69) is 5.32 Å². The second kappa shape index (κ2) is 8.44. The predicted molar refractivity (Wildman–Crippen MR) is 95.4 cm³/mol. The van der Waals surface area contributed by atoms with E-state index in [1.807, 2.05) is 0 Å². The molecule has 2 fully saturated rings. The van der Waals surface area contributed by atoms with E-state index < -0.39 is 17.2 Å². The van der Waals surface area contributed by atoms with Crippen molar-refractivity contribution in [1.29, 1.82) is 0 Å². The van der Waals surface area contributed by atoms with Gasteiger partial charge in [0.2, 0.25) is 0 Å². The van der Waals surface area contributed by atoms with Crippen LogP contribution in [0.3, 0.4) is 0 Å². The summed E-state index contributed by atoms with van der Waals surface area (Å²) < 4.78 is 26.5. The van der Waals surface area contributed by atoms with Crippen LogP contribution in [0.4, 0.5) is 8.78 Å². The lowest BCUT2D eigenvalue weighted by Crippen LogP contribution is -2.58. The van der Waals surface area contributed by atoms with Crippen molar-refractivity contribution in [2.24, 2.45) is 5.92 Å². The van der Waals surface area contributed by atoms with E-state index in [9.17, 15) is 18.7 Å². The van der Waals surface area contributed by atoms with Gasteiger partial charge in [0, 0.05) is 19.6 Å². The highest BCUT2D eigenvalue weighted by molar-refractivity contribution is 5.86. The molecule has 3 rings (SSSR count). The largest absolute Gasteiger partial charge is 0.379 e. The first kappa shape index (κ1) is 19.2. The molecule has 2 aliphatic rings. The Morgan fingerprint density at radius 2 is 1.92 bits per heavy atom. The van der Waals surface area contributed by atoms with Crippen LogP contribution in [0.15, 0.2) is 18.2 Å². The number of hydrogen-bond donors (Lipinski definition) is 2. The lowest BCUT2D eigenvalue weighted by atomic mass is 9.88. The van der Waals surface area contributed by atoms with E-state index >= 15 is 0 Å². The van der Waals surface area contributed by atoms with Crippen LogP contribution < -0.4 is 5.32 Å². The summed E-state index contributed by atoms with van der Waals surface area (Å²) in [4.78, 5) is 14.3. The van der Waals surface area contributed by atoms with Gasteiger partial charge in [-0.05, 0) is 55.8 Å². The maximum Gasteiger partial charge on any atom is 0.256 e. The zero-order chi connectivity index (χ0) is 18.6. The molecule has 4 nitrogen and oxygen atoms in total. The van der Waals surface area contributed by atoms with E-state index in [1.165, 1.54) is 38.2 Å². The third-order valence-electron chi connectivity index (χ3n) is 5.64. The molecule has 0 spiro atoms. The highest BCUT2D eigenvalue weighted by Gasteiger charge is 2.41. The summed E-state index contributed by atoms with van der Waals surface area (Å²) in [6.07, 6.45) is 7.37. The third kappa shape index (κ3) is 4.60. The molecule has 144 valence electrons. The molecule has 0 aromatic heterocycles. The highest BCUT2D eigenvalue weighted by atomic mass is 19.2. The molecule has 1 aliphatic heterocycles. The number of nitrogens with one attached hydrogen (secondary N) is 1. The van der Waals surface area contributed by atoms with Gasteiger partial charge in [-0.2, -0.15) is 0 Å². The number of carbonyl (C=O) groups is 1. The summed E-state index contributed by atoms with van der Waals surface area (Å²) in [7, 11) is 0. The molecule has 1 heterocycles. The van der Waals surface area contributed by atoms with Crippen LogP contribution in [0.2, 0.25) is 0 Å². The Bertz CT molecular complexity index is 634. The Morgan fingerprint density at radius 1 is 1.15 bits per heavy atom. The lowest BCUT2D eigenvalue weighted by Gasteiger charge is -2.38. The van der Waals surface area contributed by atoms with Crippen LogP contribution >= 0.6 is 0 Å². The second-order valence-corrected chi connectivity index (χ2v) is 7.75. The molecule has 0 bridgehead atoms. The average molecular weight is 366 g/mol. The minimum absolute atomic E-state index is 0.182. The molecular formula is C20H28F2N2O2. The molecule has 26 heavy (non-hydrogen) atoms. The van der Waals surface area contributed by atoms with E-state index in [0.717, 1.165) is 18.7 Å². The summed E-state index contributed by atoms with van der Waals surface area (Å²) in [6, 6.07) is 3.65. The number of aliphatic hydroxyl groups is 1. The first-order chi connectivity index (χ1) is 12.5. The summed E-state index contributed by atoms with van der Waals surface area (Å²) in [6.45, 7) is 1.78. The number of halogens is 2. The number of rotatable bonds is 6. The van der Waals surface area contributed by atoms with Crippen molar-refractivity contribution in [2.75, 3.05) is 19.6 Å². The summed E-state index contributed by atoms with van der Waals surface area (Å²) in [5, 5.41) is 14.1. The molecule has 1 atom stereocenters. The number of hydrogen-bond acceptors (Lipinski definition) is 3. The van der Waals surface area contributed by atoms with Crippen molar-refractivity contribution in [1.82, 2.24) is 10.2 Å². The van der Waals surface area contributed by atoms with Gasteiger partial charge in [0.05, 0.1) is 0 Å².